The first-order chi connectivity index (χ1) is 3.97. The van der Waals surface area contributed by atoms with Crippen LogP contribution in [0.2, 0.25) is 0 Å². The van der Waals surface area contributed by atoms with Crippen molar-refractivity contribution in [2.24, 2.45) is 0 Å². The summed E-state index contributed by atoms with van der Waals surface area (Å²) in [6, 6.07) is 0. The smallest absolute Gasteiger partial charge is 0.00850 e. The van der Waals surface area contributed by atoms with Gasteiger partial charge in [-0.1, -0.05) is 18.2 Å². The standard InChI is InChI=1S/C8H7/c1-2-4-7(3-1)8-5-6-8/h1,3,5H,2,6H2. The van der Waals surface area contributed by atoms with E-state index in [0.29, 0.717) is 0 Å². The Bertz CT molecular complexity index is 192. The second kappa shape index (κ2) is 1.35. The van der Waals surface area contributed by atoms with Crippen LogP contribution in [0.15, 0.2) is 29.4 Å². The molecule has 0 amide bonds. The minimum absolute atomic E-state index is 1.02. The van der Waals surface area contributed by atoms with Crippen LogP contribution in [-0.2, 0) is 0 Å². The van der Waals surface area contributed by atoms with Gasteiger partial charge in [0, 0.05) is 0 Å². The Hall–Kier alpha value is -0.780. The maximum absolute atomic E-state index is 3.26. The molecule has 0 aromatic rings. The molecule has 0 nitrogen and oxygen atoms in total. The van der Waals surface area contributed by atoms with Gasteiger partial charge in [0.05, 0.1) is 0 Å². The van der Waals surface area contributed by atoms with Gasteiger partial charge in [0.2, 0.25) is 0 Å². The second-order valence-corrected chi connectivity index (χ2v) is 2.13. The molecule has 0 heteroatoms. The van der Waals surface area contributed by atoms with Crippen molar-refractivity contribution in [3.63, 3.8) is 0 Å². The van der Waals surface area contributed by atoms with Gasteiger partial charge < -0.3 is 0 Å². The van der Waals surface area contributed by atoms with E-state index in [1.165, 1.54) is 17.6 Å². The molecule has 0 saturated carbocycles. The largest absolute Gasteiger partial charge is 0.0795 e. The first-order valence-corrected chi connectivity index (χ1v) is 2.93. The van der Waals surface area contributed by atoms with Crippen molar-refractivity contribution in [1.29, 1.82) is 0 Å². The van der Waals surface area contributed by atoms with Crippen molar-refractivity contribution in [2.75, 3.05) is 0 Å². The Morgan fingerprint density at radius 3 is 2.88 bits per heavy atom. The number of hydrogen-bond donors (Lipinski definition) is 0. The fraction of sp³-hybridized carbons (Fsp3) is 0.250. The zero-order chi connectivity index (χ0) is 5.40. The van der Waals surface area contributed by atoms with Crippen LogP contribution < -0.4 is 0 Å². The fourth-order valence-corrected chi connectivity index (χ4v) is 0.896. The quantitative estimate of drug-likeness (QED) is 0.476. The van der Waals surface area contributed by atoms with Crippen molar-refractivity contribution >= 4 is 0 Å². The van der Waals surface area contributed by atoms with Gasteiger partial charge in [-0.3, -0.25) is 0 Å². The Kier molecular flexibility index (Phi) is 0.696. The Morgan fingerprint density at radius 1 is 1.50 bits per heavy atom. The molecular formula is C8H7. The lowest BCUT2D eigenvalue weighted by atomic mass is 10.2. The predicted molar refractivity (Wildman–Crippen MR) is 33.2 cm³/mol. The molecule has 39 valence electrons. The molecular weight excluding hydrogens is 96.1 g/mol. The molecule has 0 saturated heterocycles. The zero-order valence-electron chi connectivity index (χ0n) is 4.65. The van der Waals surface area contributed by atoms with Crippen molar-refractivity contribution in [2.45, 2.75) is 12.8 Å². The molecule has 2 aliphatic rings. The van der Waals surface area contributed by atoms with Crippen molar-refractivity contribution in [1.82, 2.24) is 0 Å². The van der Waals surface area contributed by atoms with E-state index in [9.17, 15) is 0 Å². The second-order valence-electron chi connectivity index (χ2n) is 2.13. The van der Waals surface area contributed by atoms with E-state index < -0.39 is 0 Å². The molecule has 0 bridgehead atoms. The van der Waals surface area contributed by atoms with Gasteiger partial charge in [-0.15, -0.1) is 0 Å². The molecule has 0 aromatic heterocycles. The zero-order valence-corrected chi connectivity index (χ0v) is 4.65. The molecule has 1 radical (unpaired) electrons. The van der Waals surface area contributed by atoms with Gasteiger partial charge in [0.1, 0.15) is 0 Å². The summed E-state index contributed by atoms with van der Waals surface area (Å²) in [4.78, 5) is 0. The third-order valence-electron chi connectivity index (χ3n) is 1.45. The monoisotopic (exact) mass is 103 g/mol. The lowest BCUT2D eigenvalue weighted by Crippen LogP contribution is -1.65. The highest BCUT2D eigenvalue weighted by molar-refractivity contribution is 5.49. The van der Waals surface area contributed by atoms with E-state index in [4.69, 9.17) is 0 Å². The van der Waals surface area contributed by atoms with Gasteiger partial charge in [-0.2, -0.15) is 0 Å². The highest BCUT2D eigenvalue weighted by Crippen LogP contribution is 2.30. The molecule has 0 N–H and O–H groups in total. The summed E-state index contributed by atoms with van der Waals surface area (Å²) in [5.41, 5.74) is 2.82. The third kappa shape index (κ3) is 0.532. The molecule has 0 heterocycles. The van der Waals surface area contributed by atoms with Crippen LogP contribution in [0.4, 0.5) is 0 Å². The number of hydrogen-bond acceptors (Lipinski definition) is 0. The van der Waals surface area contributed by atoms with Gasteiger partial charge in [-0.25, -0.2) is 0 Å². The van der Waals surface area contributed by atoms with Crippen LogP contribution in [-0.4, -0.2) is 0 Å². The van der Waals surface area contributed by atoms with Crippen LogP contribution in [0.3, 0.4) is 0 Å². The Labute approximate surface area is 49.2 Å². The number of rotatable bonds is 1. The molecule has 0 unspecified atom stereocenters. The van der Waals surface area contributed by atoms with E-state index in [1.54, 1.807) is 0 Å². The molecule has 0 atom stereocenters. The molecule has 0 aliphatic heterocycles. The summed E-state index contributed by atoms with van der Waals surface area (Å²) in [5.74, 6) is 0. The van der Waals surface area contributed by atoms with Gasteiger partial charge in [-0.05, 0) is 30.1 Å². The summed E-state index contributed by atoms with van der Waals surface area (Å²) < 4.78 is 0. The summed E-state index contributed by atoms with van der Waals surface area (Å²) in [7, 11) is 0. The predicted octanol–water partition coefficient (Wildman–Crippen LogP) is 2.01. The molecule has 0 aromatic carbocycles. The van der Waals surface area contributed by atoms with Gasteiger partial charge in [0.25, 0.3) is 0 Å². The van der Waals surface area contributed by atoms with E-state index in [1.807, 2.05) is 0 Å². The molecule has 2 rings (SSSR count). The first-order valence-electron chi connectivity index (χ1n) is 2.93. The Morgan fingerprint density at radius 2 is 2.38 bits per heavy atom. The third-order valence-corrected chi connectivity index (χ3v) is 1.45. The fourth-order valence-electron chi connectivity index (χ4n) is 0.896. The average Bonchev–Trinajstić information content (AvgIpc) is 2.49. The van der Waals surface area contributed by atoms with E-state index >= 15 is 0 Å². The molecule has 8 heavy (non-hydrogen) atoms. The minimum atomic E-state index is 1.02. The van der Waals surface area contributed by atoms with Crippen LogP contribution in [0.5, 0.6) is 0 Å². The van der Waals surface area contributed by atoms with Crippen LogP contribution in [0.25, 0.3) is 0 Å². The van der Waals surface area contributed by atoms with Crippen LogP contribution >= 0.6 is 0 Å². The van der Waals surface area contributed by atoms with Crippen molar-refractivity contribution in [3.05, 3.63) is 35.5 Å². The summed E-state index contributed by atoms with van der Waals surface area (Å²) >= 11 is 0. The molecule has 0 spiro atoms. The van der Waals surface area contributed by atoms with E-state index in [2.05, 4.69) is 24.3 Å². The summed E-state index contributed by atoms with van der Waals surface area (Å²) in [6.07, 6.45) is 12.0. The maximum atomic E-state index is 3.26. The molecule has 2 aliphatic carbocycles. The van der Waals surface area contributed by atoms with Crippen molar-refractivity contribution < 1.29 is 0 Å². The topological polar surface area (TPSA) is 0 Å². The van der Waals surface area contributed by atoms with Gasteiger partial charge in [0.15, 0.2) is 0 Å². The molecule has 0 fully saturated rings. The van der Waals surface area contributed by atoms with Crippen molar-refractivity contribution in [3.8, 4) is 0 Å². The van der Waals surface area contributed by atoms with Gasteiger partial charge >= 0.3 is 0 Å². The van der Waals surface area contributed by atoms with E-state index in [-0.39, 0.29) is 0 Å². The lowest BCUT2D eigenvalue weighted by Gasteiger charge is -1.82. The van der Waals surface area contributed by atoms with E-state index in [0.717, 1.165) is 6.42 Å². The SMILES string of the molecule is [C]1=C(C2=CC2)C=CC1. The highest BCUT2D eigenvalue weighted by Gasteiger charge is 2.11. The summed E-state index contributed by atoms with van der Waals surface area (Å²) in [6.45, 7) is 0. The first kappa shape index (κ1) is 4.13. The Balaban J connectivity index is 2.25. The van der Waals surface area contributed by atoms with Crippen LogP contribution in [0, 0.1) is 6.08 Å². The summed E-state index contributed by atoms with van der Waals surface area (Å²) in [5, 5.41) is 0. The lowest BCUT2D eigenvalue weighted by molar-refractivity contribution is 1.37. The minimum Gasteiger partial charge on any atom is -0.0795 e. The maximum Gasteiger partial charge on any atom is -0.00850 e. The highest BCUT2D eigenvalue weighted by atomic mass is 14.2. The van der Waals surface area contributed by atoms with Crippen LogP contribution in [0.1, 0.15) is 12.8 Å². The average molecular weight is 103 g/mol. The normalized spacial score (nSPS) is 23.0. The number of allylic oxidation sites excluding steroid dienone is 6.